The molecule has 0 unspecified atom stereocenters. The van der Waals surface area contributed by atoms with E-state index >= 15 is 0 Å². The van der Waals surface area contributed by atoms with Crippen LogP contribution in [0.2, 0.25) is 0 Å². The number of hydrogen-bond donors (Lipinski definition) is 0. The molecular weight excluding hydrogens is 369 g/mol. The highest BCUT2D eigenvalue weighted by atomic mass is 16.5. The van der Waals surface area contributed by atoms with Gasteiger partial charge in [-0.05, 0) is 31.2 Å². The van der Waals surface area contributed by atoms with Crippen molar-refractivity contribution in [1.82, 2.24) is 24.7 Å². The van der Waals surface area contributed by atoms with Crippen LogP contribution in [0.4, 0.5) is 0 Å². The summed E-state index contributed by atoms with van der Waals surface area (Å²) in [6, 6.07) is 13.1. The molecule has 4 rings (SSSR count). The number of imidazole rings is 1. The van der Waals surface area contributed by atoms with Gasteiger partial charge in [0.25, 0.3) is 0 Å². The van der Waals surface area contributed by atoms with E-state index in [-0.39, 0.29) is 0 Å². The minimum absolute atomic E-state index is 0.502. The quantitative estimate of drug-likeness (QED) is 0.463. The molecule has 0 bridgehead atoms. The molecule has 0 fully saturated rings. The lowest BCUT2D eigenvalue weighted by molar-refractivity contribution is 0.327. The topological polar surface area (TPSA) is 84.2 Å². The number of rotatable bonds is 6. The second-order valence-corrected chi connectivity index (χ2v) is 6.27. The summed E-state index contributed by atoms with van der Waals surface area (Å²) in [4.78, 5) is 9.32. The number of aromatic nitrogens is 5. The average Bonchev–Trinajstić information content (AvgIpc) is 3.11. The minimum atomic E-state index is 0.502. The molecule has 0 N–H and O–H groups in total. The van der Waals surface area contributed by atoms with Gasteiger partial charge in [-0.1, -0.05) is 12.1 Å². The van der Waals surface area contributed by atoms with Crippen molar-refractivity contribution in [3.05, 3.63) is 42.5 Å². The van der Waals surface area contributed by atoms with Crippen molar-refractivity contribution in [1.29, 1.82) is 0 Å². The lowest BCUT2D eigenvalue weighted by Gasteiger charge is -2.16. The van der Waals surface area contributed by atoms with Crippen molar-refractivity contribution in [2.75, 3.05) is 20.8 Å². The molecule has 0 aliphatic carbocycles. The second-order valence-electron chi connectivity index (χ2n) is 6.27. The van der Waals surface area contributed by atoms with Crippen molar-refractivity contribution < 1.29 is 14.2 Å². The normalized spacial score (nSPS) is 10.9. The minimum Gasteiger partial charge on any atom is -0.494 e. The number of benzene rings is 1. The Kier molecular flexibility index (Phi) is 5.03. The average molecular weight is 389 g/mol. The summed E-state index contributed by atoms with van der Waals surface area (Å²) in [6.45, 7) is 2.44. The molecule has 0 saturated carbocycles. The lowest BCUT2D eigenvalue weighted by Crippen LogP contribution is -2.11. The standard InChI is InChI=1S/C20H20BN5O3/c1-4-29-17-10-5-7-12(22-17)20-23-19-13(11-16(21)24-25-19)26(20)18-14(27-2)8-6-9-15(18)28-3/h5-11H,4,21H2,1-3H3. The van der Waals surface area contributed by atoms with Crippen LogP contribution in [0.1, 0.15) is 6.92 Å². The monoisotopic (exact) mass is 389 g/mol. The molecule has 0 atom stereocenters. The summed E-state index contributed by atoms with van der Waals surface area (Å²) in [5.74, 6) is 2.39. The van der Waals surface area contributed by atoms with E-state index < -0.39 is 0 Å². The first-order valence-electron chi connectivity index (χ1n) is 9.20. The number of methoxy groups -OCH3 is 2. The van der Waals surface area contributed by atoms with Crippen LogP contribution < -0.4 is 19.8 Å². The summed E-state index contributed by atoms with van der Waals surface area (Å²) in [7, 11) is 5.13. The molecule has 0 radical (unpaired) electrons. The smallest absolute Gasteiger partial charge is 0.213 e. The molecule has 0 amide bonds. The first kappa shape index (κ1) is 18.7. The molecule has 9 heteroatoms. The van der Waals surface area contributed by atoms with Gasteiger partial charge >= 0.3 is 0 Å². The fraction of sp³-hybridized carbons (Fsp3) is 0.200. The van der Waals surface area contributed by atoms with Crippen LogP contribution in [0.15, 0.2) is 42.5 Å². The third kappa shape index (κ3) is 3.35. The van der Waals surface area contributed by atoms with Gasteiger partial charge in [0, 0.05) is 11.7 Å². The van der Waals surface area contributed by atoms with Crippen molar-refractivity contribution in [3.8, 4) is 34.6 Å². The second kappa shape index (κ2) is 7.79. The Bertz CT molecular complexity index is 1160. The van der Waals surface area contributed by atoms with Crippen molar-refractivity contribution >= 4 is 24.6 Å². The van der Waals surface area contributed by atoms with Crippen LogP contribution in [0, 0.1) is 0 Å². The van der Waals surface area contributed by atoms with E-state index in [2.05, 4.69) is 15.2 Å². The molecule has 4 aromatic rings. The highest BCUT2D eigenvalue weighted by Crippen LogP contribution is 2.37. The number of fused-ring (bicyclic) bond motifs is 1. The van der Waals surface area contributed by atoms with Gasteiger partial charge in [0.2, 0.25) is 11.5 Å². The van der Waals surface area contributed by atoms with Crippen LogP contribution in [0.3, 0.4) is 0 Å². The molecule has 3 heterocycles. The van der Waals surface area contributed by atoms with Crippen LogP contribution in [-0.2, 0) is 0 Å². The third-order valence-corrected chi connectivity index (χ3v) is 4.41. The zero-order valence-corrected chi connectivity index (χ0v) is 16.7. The Labute approximate surface area is 168 Å². The van der Waals surface area contributed by atoms with Gasteiger partial charge in [-0.25, -0.2) is 9.97 Å². The molecule has 0 aliphatic rings. The molecular formula is C20H20BN5O3. The van der Waals surface area contributed by atoms with E-state index in [4.69, 9.17) is 19.2 Å². The van der Waals surface area contributed by atoms with Crippen molar-refractivity contribution in [2.24, 2.45) is 0 Å². The van der Waals surface area contributed by atoms with E-state index in [1.165, 1.54) is 0 Å². The molecule has 146 valence electrons. The molecule has 0 aliphatic heterocycles. The summed E-state index contributed by atoms with van der Waals surface area (Å²) in [6.07, 6.45) is 0. The Morgan fingerprint density at radius 1 is 0.966 bits per heavy atom. The maximum absolute atomic E-state index is 5.63. The SMILES string of the molecule is Bc1cc2c(nn1)nc(-c1cccc(OCC)n1)n2-c1c(OC)cccc1OC. The van der Waals surface area contributed by atoms with Gasteiger partial charge in [-0.3, -0.25) is 4.57 Å². The van der Waals surface area contributed by atoms with Crippen LogP contribution in [0.25, 0.3) is 28.4 Å². The van der Waals surface area contributed by atoms with Gasteiger partial charge in [0.15, 0.2) is 13.7 Å². The third-order valence-electron chi connectivity index (χ3n) is 4.41. The Hall–Kier alpha value is -3.62. The summed E-state index contributed by atoms with van der Waals surface area (Å²) >= 11 is 0. The van der Waals surface area contributed by atoms with Crippen LogP contribution in [-0.4, -0.2) is 53.4 Å². The maximum atomic E-state index is 5.63. The fourth-order valence-corrected chi connectivity index (χ4v) is 3.20. The van der Waals surface area contributed by atoms with E-state index in [1.54, 1.807) is 14.2 Å². The van der Waals surface area contributed by atoms with E-state index in [9.17, 15) is 0 Å². The molecule has 0 saturated heterocycles. The van der Waals surface area contributed by atoms with Gasteiger partial charge in [-0.2, -0.15) is 5.10 Å². The Balaban J connectivity index is 2.07. The van der Waals surface area contributed by atoms with Crippen molar-refractivity contribution in [2.45, 2.75) is 6.92 Å². The van der Waals surface area contributed by atoms with Crippen LogP contribution >= 0.6 is 0 Å². The number of nitrogens with zero attached hydrogens (tertiary/aromatic N) is 5. The molecule has 29 heavy (non-hydrogen) atoms. The van der Waals surface area contributed by atoms with Gasteiger partial charge in [-0.15, -0.1) is 5.10 Å². The summed E-state index contributed by atoms with van der Waals surface area (Å²) < 4.78 is 18.8. The maximum Gasteiger partial charge on any atom is 0.213 e. The van der Waals surface area contributed by atoms with Crippen LogP contribution in [0.5, 0.6) is 17.4 Å². The zero-order chi connectivity index (χ0) is 20.4. The van der Waals surface area contributed by atoms with Gasteiger partial charge in [0.05, 0.1) is 26.3 Å². The number of pyridine rings is 1. The first-order chi connectivity index (χ1) is 14.2. The molecule has 0 spiro atoms. The lowest BCUT2D eigenvalue weighted by atomic mass is 10.0. The largest absolute Gasteiger partial charge is 0.494 e. The van der Waals surface area contributed by atoms with Gasteiger partial charge < -0.3 is 14.2 Å². The number of ether oxygens (including phenoxy) is 3. The Morgan fingerprint density at radius 3 is 2.38 bits per heavy atom. The number of hydrogen-bond acceptors (Lipinski definition) is 7. The molecule has 8 nitrogen and oxygen atoms in total. The van der Waals surface area contributed by atoms with E-state index in [0.717, 1.165) is 11.1 Å². The van der Waals surface area contributed by atoms with E-state index in [0.29, 0.717) is 46.8 Å². The van der Waals surface area contributed by atoms with Gasteiger partial charge in [0.1, 0.15) is 22.9 Å². The highest BCUT2D eigenvalue weighted by molar-refractivity contribution is 6.31. The summed E-state index contributed by atoms with van der Waals surface area (Å²) in [5, 5.41) is 8.41. The predicted molar refractivity (Wildman–Crippen MR) is 112 cm³/mol. The molecule has 1 aromatic carbocycles. The Morgan fingerprint density at radius 2 is 1.69 bits per heavy atom. The van der Waals surface area contributed by atoms with E-state index in [1.807, 2.05) is 61.8 Å². The summed E-state index contributed by atoms with van der Waals surface area (Å²) in [5.41, 5.74) is 3.40. The fourth-order valence-electron chi connectivity index (χ4n) is 3.20. The number of para-hydroxylation sites is 1. The highest BCUT2D eigenvalue weighted by Gasteiger charge is 2.22. The predicted octanol–water partition coefficient (Wildman–Crippen LogP) is 1.55. The zero-order valence-electron chi connectivity index (χ0n) is 16.7. The molecule has 3 aromatic heterocycles. The van der Waals surface area contributed by atoms with Crippen molar-refractivity contribution in [3.63, 3.8) is 0 Å². The first-order valence-corrected chi connectivity index (χ1v) is 9.20.